The van der Waals surface area contributed by atoms with Crippen LogP contribution in [-0.4, -0.2) is 21.8 Å². The average Bonchev–Trinajstić information content (AvgIpc) is 3.05. The molecule has 0 aromatic carbocycles. The van der Waals surface area contributed by atoms with Gasteiger partial charge in [-0.2, -0.15) is 4.37 Å². The molecule has 0 aliphatic carbocycles. The van der Waals surface area contributed by atoms with E-state index in [2.05, 4.69) is 25.1 Å². The first kappa shape index (κ1) is 14.3. The summed E-state index contributed by atoms with van der Waals surface area (Å²) in [6.07, 6.45) is 5.63. The van der Waals surface area contributed by atoms with Crippen molar-refractivity contribution in [3.63, 3.8) is 0 Å². The smallest absolute Gasteiger partial charge is 0.124 e. The third kappa shape index (κ3) is 6.75. The molecule has 0 N–H and O–H groups in total. The van der Waals surface area contributed by atoms with Crippen LogP contribution in [0.2, 0.25) is 0 Å². The Morgan fingerprint density at radius 1 is 1.17 bits per heavy atom. The van der Waals surface area contributed by atoms with Crippen molar-refractivity contribution in [1.82, 2.24) is 9.53 Å². The molecule has 2 aromatic heterocycles. The van der Waals surface area contributed by atoms with Gasteiger partial charge in [0.15, 0.2) is 0 Å². The van der Waals surface area contributed by atoms with E-state index in [-0.39, 0.29) is 0 Å². The van der Waals surface area contributed by atoms with Crippen LogP contribution in [0.3, 0.4) is 0 Å². The molecule has 0 fully saturated rings. The number of aryl methyl sites for hydroxylation is 2. The number of allylic oxidation sites excluding steroid dienone is 1. The van der Waals surface area contributed by atoms with Crippen molar-refractivity contribution in [2.75, 3.05) is 6.54 Å². The van der Waals surface area contributed by atoms with Crippen LogP contribution in [0.25, 0.3) is 0 Å². The van der Waals surface area contributed by atoms with Crippen molar-refractivity contribution in [2.24, 2.45) is 4.99 Å². The van der Waals surface area contributed by atoms with Crippen LogP contribution in [0.1, 0.15) is 18.3 Å². The first-order valence-electron chi connectivity index (χ1n) is 5.60. The Bertz CT molecular complexity index is 437. The number of rotatable bonds is 0. The maximum absolute atomic E-state index is 4.46. The predicted molar refractivity (Wildman–Crippen MR) is 75.2 cm³/mol. The molecule has 1 aliphatic rings. The summed E-state index contributed by atoms with van der Waals surface area (Å²) >= 11 is 1.49. The molecule has 1 aliphatic heterocycles. The van der Waals surface area contributed by atoms with E-state index in [0.29, 0.717) is 0 Å². The summed E-state index contributed by atoms with van der Waals surface area (Å²) in [4.78, 5) is 4.04. The quantitative estimate of drug-likeness (QED) is 0.731. The first-order chi connectivity index (χ1) is 8.68. The summed E-state index contributed by atoms with van der Waals surface area (Å²) in [6, 6.07) is 3.80. The van der Waals surface area contributed by atoms with Crippen LogP contribution < -0.4 is 0 Å². The highest BCUT2D eigenvalue weighted by Gasteiger charge is 1.85. The van der Waals surface area contributed by atoms with Gasteiger partial charge in [-0.05, 0) is 44.4 Å². The second kappa shape index (κ2) is 8.36. The van der Waals surface area contributed by atoms with E-state index in [9.17, 15) is 0 Å². The van der Waals surface area contributed by atoms with Gasteiger partial charge in [-0.15, -0.1) is 0 Å². The second-order valence-corrected chi connectivity index (χ2v) is 4.33. The number of aromatic nitrogens is 2. The summed E-state index contributed by atoms with van der Waals surface area (Å²) in [5.74, 6) is 0. The number of hydrogen-bond donors (Lipinski definition) is 0. The first-order valence-corrected chi connectivity index (χ1v) is 6.43. The van der Waals surface area contributed by atoms with Crippen molar-refractivity contribution in [1.29, 1.82) is 0 Å². The highest BCUT2D eigenvalue weighted by atomic mass is 32.1. The highest BCUT2D eigenvalue weighted by Crippen LogP contribution is 1.94. The molecule has 5 heteroatoms. The lowest BCUT2D eigenvalue weighted by Gasteiger charge is -1.72. The highest BCUT2D eigenvalue weighted by molar-refractivity contribution is 7.03. The van der Waals surface area contributed by atoms with Gasteiger partial charge in [0.1, 0.15) is 6.26 Å². The van der Waals surface area contributed by atoms with E-state index < -0.39 is 0 Å². The van der Waals surface area contributed by atoms with Crippen LogP contribution in [0.5, 0.6) is 0 Å². The van der Waals surface area contributed by atoms with Crippen LogP contribution in [-0.2, 0) is 0 Å². The lowest BCUT2D eigenvalue weighted by atomic mass is 10.4. The molecule has 0 amide bonds. The zero-order valence-corrected chi connectivity index (χ0v) is 11.6. The molecule has 0 unspecified atom stereocenters. The van der Waals surface area contributed by atoms with Crippen molar-refractivity contribution < 1.29 is 4.52 Å². The van der Waals surface area contributed by atoms with Gasteiger partial charge < -0.3 is 4.52 Å². The summed E-state index contributed by atoms with van der Waals surface area (Å²) in [5, 5.41) is 5.51. The summed E-state index contributed by atoms with van der Waals surface area (Å²) in [5.41, 5.74) is 3.19. The van der Waals surface area contributed by atoms with E-state index in [1.54, 1.807) is 12.3 Å². The third-order valence-corrected chi connectivity index (χ3v) is 2.59. The number of hydrogen-bond acceptors (Lipinski definition) is 5. The minimum atomic E-state index is 0.895. The van der Waals surface area contributed by atoms with Gasteiger partial charge >= 0.3 is 0 Å². The van der Waals surface area contributed by atoms with Gasteiger partial charge in [-0.3, -0.25) is 4.99 Å². The van der Waals surface area contributed by atoms with Crippen molar-refractivity contribution in [3.8, 4) is 0 Å². The fourth-order valence-corrected chi connectivity index (χ4v) is 1.56. The molecule has 96 valence electrons. The van der Waals surface area contributed by atoms with Crippen LogP contribution in [0, 0.1) is 13.8 Å². The molecule has 0 bridgehead atoms. The molecule has 3 heterocycles. The molecule has 3 rings (SSSR count). The van der Waals surface area contributed by atoms with Gasteiger partial charge in [-0.1, -0.05) is 11.2 Å². The lowest BCUT2D eigenvalue weighted by Crippen LogP contribution is -1.73. The molecule has 18 heavy (non-hydrogen) atoms. The molecule has 0 spiro atoms. The van der Waals surface area contributed by atoms with Crippen LogP contribution >= 0.6 is 11.5 Å². The summed E-state index contributed by atoms with van der Waals surface area (Å²) < 4.78 is 8.42. The molecular weight excluding hydrogens is 246 g/mol. The standard InChI is InChI=1S/C5H7N.C4H5NO.C4H5NS/c1-5-3-2-4-6-5;2*1-4-2-3-6-5-4/h2-3H,4H2,1H3;2*2-3H,1H3. The van der Waals surface area contributed by atoms with Gasteiger partial charge in [0.05, 0.1) is 17.9 Å². The Kier molecular flexibility index (Phi) is 6.64. The molecule has 4 nitrogen and oxygen atoms in total. The van der Waals surface area contributed by atoms with Crippen LogP contribution in [0.4, 0.5) is 0 Å². The van der Waals surface area contributed by atoms with Crippen molar-refractivity contribution in [3.05, 3.63) is 47.3 Å². The summed E-state index contributed by atoms with van der Waals surface area (Å²) in [7, 11) is 0. The number of nitrogens with zero attached hydrogens (tertiary/aromatic N) is 3. The van der Waals surface area contributed by atoms with Gasteiger partial charge in [0, 0.05) is 17.2 Å². The maximum atomic E-state index is 4.46. The lowest BCUT2D eigenvalue weighted by molar-refractivity contribution is 0.415. The van der Waals surface area contributed by atoms with E-state index in [1.807, 2.05) is 38.3 Å². The third-order valence-electron chi connectivity index (χ3n) is 1.94. The molecular formula is C13H17N3OS. The minimum Gasteiger partial charge on any atom is -0.365 e. The van der Waals surface area contributed by atoms with E-state index in [4.69, 9.17) is 0 Å². The van der Waals surface area contributed by atoms with E-state index in [1.165, 1.54) is 11.5 Å². The fourth-order valence-electron chi connectivity index (χ4n) is 1.02. The maximum Gasteiger partial charge on any atom is 0.124 e. The molecule has 0 atom stereocenters. The van der Waals surface area contributed by atoms with Gasteiger partial charge in [-0.25, -0.2) is 0 Å². The minimum absolute atomic E-state index is 0.895. The Hall–Kier alpha value is -1.75. The largest absolute Gasteiger partial charge is 0.365 e. The molecule has 2 aromatic rings. The molecule has 0 radical (unpaired) electrons. The molecule has 0 saturated heterocycles. The van der Waals surface area contributed by atoms with Gasteiger partial charge in [0.25, 0.3) is 0 Å². The fraction of sp³-hybridized carbons (Fsp3) is 0.308. The Morgan fingerprint density at radius 3 is 2.17 bits per heavy atom. The topological polar surface area (TPSA) is 51.3 Å². The van der Waals surface area contributed by atoms with Gasteiger partial charge in [0.2, 0.25) is 0 Å². The zero-order chi connectivity index (χ0) is 13.2. The zero-order valence-electron chi connectivity index (χ0n) is 10.8. The monoisotopic (exact) mass is 263 g/mol. The van der Waals surface area contributed by atoms with Crippen molar-refractivity contribution in [2.45, 2.75) is 20.8 Å². The SMILES string of the molecule is CC1=NCC=C1.Cc1ccon1.Cc1ccsn1. The normalized spacial score (nSPS) is 12.1. The van der Waals surface area contributed by atoms with Crippen LogP contribution in [0.15, 0.2) is 45.4 Å². The van der Waals surface area contributed by atoms with E-state index in [0.717, 1.165) is 23.6 Å². The number of aliphatic imine (C=N–C) groups is 1. The Labute approximate surface area is 111 Å². The summed E-state index contributed by atoms with van der Waals surface area (Å²) in [6.45, 7) is 6.76. The van der Waals surface area contributed by atoms with E-state index >= 15 is 0 Å². The Morgan fingerprint density at radius 2 is 2.00 bits per heavy atom. The second-order valence-electron chi connectivity index (χ2n) is 3.67. The predicted octanol–water partition coefficient (Wildman–Crippen LogP) is 3.45. The Balaban J connectivity index is 0.000000135. The molecule has 0 saturated carbocycles. The average molecular weight is 263 g/mol. The van der Waals surface area contributed by atoms with Crippen molar-refractivity contribution >= 4 is 17.2 Å².